The third-order valence-corrected chi connectivity index (χ3v) is 3.07. The molecule has 6 heteroatoms. The van der Waals surface area contributed by atoms with E-state index in [9.17, 15) is 9.59 Å². The number of aromatic amines is 1. The monoisotopic (exact) mass is 251 g/mol. The Morgan fingerprint density at radius 1 is 1.61 bits per heavy atom. The van der Waals surface area contributed by atoms with E-state index in [4.69, 9.17) is 4.74 Å². The molecule has 0 aliphatic carbocycles. The molecule has 1 aromatic rings. The van der Waals surface area contributed by atoms with Crippen LogP contribution in [0.5, 0.6) is 0 Å². The molecule has 2 rings (SSSR count). The molecular weight excluding hydrogens is 234 g/mol. The fourth-order valence-corrected chi connectivity index (χ4v) is 2.13. The zero-order valence-corrected chi connectivity index (χ0v) is 10.5. The normalized spacial score (nSPS) is 23.7. The van der Waals surface area contributed by atoms with Gasteiger partial charge in [0.1, 0.15) is 5.82 Å². The first-order chi connectivity index (χ1) is 8.56. The zero-order valence-electron chi connectivity index (χ0n) is 10.5. The first-order valence-electron chi connectivity index (χ1n) is 6.06. The molecule has 0 unspecified atom stereocenters. The lowest BCUT2D eigenvalue weighted by Gasteiger charge is -2.27. The molecule has 2 N–H and O–H groups in total. The summed E-state index contributed by atoms with van der Waals surface area (Å²) >= 11 is 0. The minimum atomic E-state index is -0.460. The molecule has 0 bridgehead atoms. The van der Waals surface area contributed by atoms with Crippen LogP contribution in [0.15, 0.2) is 10.9 Å². The molecule has 1 aliphatic heterocycles. The van der Waals surface area contributed by atoms with E-state index >= 15 is 0 Å². The number of aromatic nitrogens is 2. The Hall–Kier alpha value is -1.69. The van der Waals surface area contributed by atoms with E-state index in [1.807, 2.05) is 6.92 Å². The quantitative estimate of drug-likeness (QED) is 0.815. The van der Waals surface area contributed by atoms with Gasteiger partial charge in [-0.05, 0) is 26.7 Å². The molecule has 1 saturated heterocycles. The van der Waals surface area contributed by atoms with Crippen molar-refractivity contribution >= 4 is 11.7 Å². The van der Waals surface area contributed by atoms with Gasteiger partial charge in [-0.25, -0.2) is 4.79 Å². The highest BCUT2D eigenvalue weighted by Crippen LogP contribution is 2.21. The molecular formula is C12H17N3O3. The van der Waals surface area contributed by atoms with Crippen LogP contribution in [0.1, 0.15) is 25.5 Å². The van der Waals surface area contributed by atoms with Crippen LogP contribution in [0, 0.1) is 12.8 Å². The standard InChI is InChI=1S/C12H17N3O3/c1-7-6-10(15-12(17)13-7)14-11(16)9-4-3-5-18-8(9)2/h6,8-9H,3-5H2,1-2H3,(H2,13,14,15,16,17)/t8-,9-/m0/s1. The van der Waals surface area contributed by atoms with Crippen molar-refractivity contribution in [3.05, 3.63) is 22.2 Å². The van der Waals surface area contributed by atoms with Gasteiger partial charge in [0.2, 0.25) is 5.91 Å². The van der Waals surface area contributed by atoms with Gasteiger partial charge in [-0.3, -0.25) is 4.79 Å². The van der Waals surface area contributed by atoms with Crippen molar-refractivity contribution in [3.63, 3.8) is 0 Å². The lowest BCUT2D eigenvalue weighted by atomic mass is 9.94. The Bertz CT molecular complexity index is 498. The van der Waals surface area contributed by atoms with Crippen LogP contribution in [0.4, 0.5) is 5.82 Å². The number of hydrogen-bond donors (Lipinski definition) is 2. The van der Waals surface area contributed by atoms with Crippen LogP contribution >= 0.6 is 0 Å². The number of carbonyl (C=O) groups excluding carboxylic acids is 1. The number of nitrogens with zero attached hydrogens (tertiary/aromatic N) is 1. The smallest absolute Gasteiger partial charge is 0.347 e. The largest absolute Gasteiger partial charge is 0.378 e. The van der Waals surface area contributed by atoms with Gasteiger partial charge in [0, 0.05) is 18.4 Å². The third-order valence-electron chi connectivity index (χ3n) is 3.07. The second-order valence-electron chi connectivity index (χ2n) is 4.57. The molecule has 0 spiro atoms. The molecule has 2 heterocycles. The van der Waals surface area contributed by atoms with Crippen LogP contribution in [-0.2, 0) is 9.53 Å². The second kappa shape index (κ2) is 5.30. The van der Waals surface area contributed by atoms with Crippen molar-refractivity contribution in [3.8, 4) is 0 Å². The number of carbonyl (C=O) groups is 1. The van der Waals surface area contributed by atoms with Gasteiger partial charge in [-0.1, -0.05) is 0 Å². The average Bonchev–Trinajstić information content (AvgIpc) is 2.27. The molecule has 0 radical (unpaired) electrons. The Labute approximate surface area is 105 Å². The second-order valence-corrected chi connectivity index (χ2v) is 4.57. The Kier molecular flexibility index (Phi) is 3.76. The number of anilines is 1. The summed E-state index contributed by atoms with van der Waals surface area (Å²) in [6, 6.07) is 1.63. The maximum Gasteiger partial charge on any atom is 0.347 e. The van der Waals surface area contributed by atoms with Crippen molar-refractivity contribution in [1.82, 2.24) is 9.97 Å². The summed E-state index contributed by atoms with van der Waals surface area (Å²) in [6.07, 6.45) is 1.58. The summed E-state index contributed by atoms with van der Waals surface area (Å²) in [7, 11) is 0. The Morgan fingerprint density at radius 2 is 2.39 bits per heavy atom. The minimum Gasteiger partial charge on any atom is -0.378 e. The predicted molar refractivity (Wildman–Crippen MR) is 66.4 cm³/mol. The van der Waals surface area contributed by atoms with Crippen LogP contribution in [0.25, 0.3) is 0 Å². The molecule has 6 nitrogen and oxygen atoms in total. The number of rotatable bonds is 2. The fourth-order valence-electron chi connectivity index (χ4n) is 2.13. The maximum atomic E-state index is 12.1. The summed E-state index contributed by atoms with van der Waals surface area (Å²) in [4.78, 5) is 29.5. The van der Waals surface area contributed by atoms with E-state index in [0.717, 1.165) is 12.8 Å². The van der Waals surface area contributed by atoms with Gasteiger partial charge >= 0.3 is 5.69 Å². The first-order valence-corrected chi connectivity index (χ1v) is 6.06. The van der Waals surface area contributed by atoms with E-state index in [-0.39, 0.29) is 17.9 Å². The van der Waals surface area contributed by atoms with E-state index < -0.39 is 5.69 Å². The highest BCUT2D eigenvalue weighted by atomic mass is 16.5. The molecule has 2 atom stereocenters. The van der Waals surface area contributed by atoms with Crippen molar-refractivity contribution in [2.75, 3.05) is 11.9 Å². The average molecular weight is 251 g/mol. The summed E-state index contributed by atoms with van der Waals surface area (Å²) in [6.45, 7) is 4.33. The molecule has 18 heavy (non-hydrogen) atoms. The number of amides is 1. The van der Waals surface area contributed by atoms with Gasteiger partial charge in [-0.15, -0.1) is 0 Å². The van der Waals surface area contributed by atoms with Crippen molar-refractivity contribution in [2.45, 2.75) is 32.8 Å². The van der Waals surface area contributed by atoms with Crippen LogP contribution in [0.3, 0.4) is 0 Å². The predicted octanol–water partition coefficient (Wildman–Crippen LogP) is 0.832. The molecule has 1 amide bonds. The first kappa shape index (κ1) is 12.8. The van der Waals surface area contributed by atoms with E-state index in [1.54, 1.807) is 13.0 Å². The Balaban J connectivity index is 2.08. The van der Waals surface area contributed by atoms with Gasteiger partial charge in [0.25, 0.3) is 0 Å². The van der Waals surface area contributed by atoms with Crippen molar-refractivity contribution in [2.24, 2.45) is 5.92 Å². The SMILES string of the molecule is Cc1cc(NC(=O)[C@H]2CCCO[C@H]2C)nc(=O)[nH]1. The third kappa shape index (κ3) is 2.95. The van der Waals surface area contributed by atoms with Crippen LogP contribution < -0.4 is 11.0 Å². The van der Waals surface area contributed by atoms with Crippen molar-refractivity contribution < 1.29 is 9.53 Å². The minimum absolute atomic E-state index is 0.0955. The van der Waals surface area contributed by atoms with Gasteiger partial charge < -0.3 is 15.0 Å². The molecule has 1 aromatic heterocycles. The fraction of sp³-hybridized carbons (Fsp3) is 0.583. The van der Waals surface area contributed by atoms with Crippen LogP contribution in [0.2, 0.25) is 0 Å². The highest BCUT2D eigenvalue weighted by molar-refractivity contribution is 5.92. The van der Waals surface area contributed by atoms with Gasteiger partial charge in [-0.2, -0.15) is 4.98 Å². The maximum absolute atomic E-state index is 12.1. The van der Waals surface area contributed by atoms with Crippen LogP contribution in [-0.4, -0.2) is 28.6 Å². The molecule has 0 aromatic carbocycles. The lowest BCUT2D eigenvalue weighted by Crippen LogP contribution is -2.36. The van der Waals surface area contributed by atoms with E-state index in [0.29, 0.717) is 18.1 Å². The number of ether oxygens (including phenoxy) is 1. The summed E-state index contributed by atoms with van der Waals surface area (Å²) in [5.41, 5.74) is 0.205. The highest BCUT2D eigenvalue weighted by Gasteiger charge is 2.28. The molecule has 98 valence electrons. The van der Waals surface area contributed by atoms with E-state index in [1.165, 1.54) is 0 Å². The summed E-state index contributed by atoms with van der Waals surface area (Å²) in [5.74, 6) is -0.0288. The molecule has 0 saturated carbocycles. The summed E-state index contributed by atoms with van der Waals surface area (Å²) in [5, 5.41) is 2.67. The zero-order chi connectivity index (χ0) is 13.1. The molecule has 1 fully saturated rings. The number of hydrogen-bond acceptors (Lipinski definition) is 4. The topological polar surface area (TPSA) is 84.1 Å². The Morgan fingerprint density at radius 3 is 3.06 bits per heavy atom. The number of nitrogens with one attached hydrogen (secondary N) is 2. The van der Waals surface area contributed by atoms with Gasteiger partial charge in [0.05, 0.1) is 12.0 Å². The summed E-state index contributed by atoms with van der Waals surface area (Å²) < 4.78 is 5.45. The number of aryl methyl sites for hydroxylation is 1. The number of H-pyrrole nitrogens is 1. The molecule has 1 aliphatic rings. The van der Waals surface area contributed by atoms with E-state index in [2.05, 4.69) is 15.3 Å². The lowest BCUT2D eigenvalue weighted by molar-refractivity contribution is -0.127. The van der Waals surface area contributed by atoms with Gasteiger partial charge in [0.15, 0.2) is 0 Å². The van der Waals surface area contributed by atoms with Crippen molar-refractivity contribution in [1.29, 1.82) is 0 Å².